The second-order valence-corrected chi connectivity index (χ2v) is 8.09. The first-order chi connectivity index (χ1) is 9.92. The van der Waals surface area contributed by atoms with Gasteiger partial charge in [0.2, 0.25) is 0 Å². The number of rotatable bonds is 9. The number of hydrogen-bond donors (Lipinski definition) is 2. The molecule has 0 heterocycles. The topological polar surface area (TPSA) is 41.5 Å². The highest BCUT2D eigenvalue weighted by Crippen LogP contribution is 2.26. The Bertz CT molecular complexity index is 429. The number of ether oxygens (including phenoxy) is 1. The molecule has 2 unspecified atom stereocenters. The highest BCUT2D eigenvalue weighted by atomic mass is 79.9. The summed E-state index contributed by atoms with van der Waals surface area (Å²) in [5, 5.41) is 14.0. The van der Waals surface area contributed by atoms with Crippen LogP contribution < -0.4 is 10.1 Å². The van der Waals surface area contributed by atoms with E-state index in [1.807, 2.05) is 12.1 Å². The lowest BCUT2D eigenvalue weighted by molar-refractivity contribution is 0.104. The maximum Gasteiger partial charge on any atom is 0.122 e. The third-order valence-corrected chi connectivity index (χ3v) is 5.62. The van der Waals surface area contributed by atoms with E-state index < -0.39 is 6.10 Å². The lowest BCUT2D eigenvalue weighted by atomic mass is 10.1. The molecule has 0 fully saturated rings. The Kier molecular flexibility index (Phi) is 9.45. The average Bonchev–Trinajstić information content (AvgIpc) is 2.44. The van der Waals surface area contributed by atoms with Gasteiger partial charge in [-0.1, -0.05) is 61.6 Å². The van der Waals surface area contributed by atoms with Gasteiger partial charge in [0.1, 0.15) is 18.5 Å². The molecule has 0 aromatic heterocycles. The van der Waals surface area contributed by atoms with E-state index in [2.05, 4.69) is 73.0 Å². The van der Waals surface area contributed by atoms with Gasteiger partial charge >= 0.3 is 0 Å². The monoisotopic (exact) mass is 485 g/mol. The van der Waals surface area contributed by atoms with Gasteiger partial charge in [-0.05, 0) is 30.2 Å². The molecule has 0 saturated carbocycles. The standard InChI is InChI=1S/C15H22Br3NO2/c1-10(2)19-8-14(20)9-21-15-4-3-12(17)5-11(15)6-13(18)7-16/h3-5,10,13-14,19-20H,6-9H2,1-2H3. The molecular formula is C15H22Br3NO2. The number of aliphatic hydroxyl groups excluding tert-OH is 1. The summed E-state index contributed by atoms with van der Waals surface area (Å²) in [6, 6.07) is 6.31. The second kappa shape index (κ2) is 10.2. The van der Waals surface area contributed by atoms with E-state index in [1.165, 1.54) is 0 Å². The molecule has 1 aromatic carbocycles. The summed E-state index contributed by atoms with van der Waals surface area (Å²) in [5.74, 6) is 0.826. The number of halogens is 3. The predicted molar refractivity (Wildman–Crippen MR) is 99.0 cm³/mol. The lowest BCUT2D eigenvalue weighted by Crippen LogP contribution is -2.35. The number of alkyl halides is 2. The van der Waals surface area contributed by atoms with Gasteiger partial charge < -0.3 is 15.2 Å². The van der Waals surface area contributed by atoms with Crippen LogP contribution in [0.15, 0.2) is 22.7 Å². The van der Waals surface area contributed by atoms with Crippen molar-refractivity contribution in [3.05, 3.63) is 28.2 Å². The van der Waals surface area contributed by atoms with Crippen LogP contribution in [0.2, 0.25) is 0 Å². The van der Waals surface area contributed by atoms with Gasteiger partial charge in [0.05, 0.1) is 0 Å². The van der Waals surface area contributed by atoms with Crippen molar-refractivity contribution in [3.63, 3.8) is 0 Å². The summed E-state index contributed by atoms with van der Waals surface area (Å²) in [5.41, 5.74) is 1.12. The Hall–Kier alpha value is 0.380. The van der Waals surface area contributed by atoms with Crippen LogP contribution in [-0.4, -0.2) is 40.6 Å². The molecule has 1 aromatic rings. The summed E-state index contributed by atoms with van der Waals surface area (Å²) in [6.45, 7) is 4.93. The van der Waals surface area contributed by atoms with Gasteiger partial charge in [0.25, 0.3) is 0 Å². The summed E-state index contributed by atoms with van der Waals surface area (Å²) < 4.78 is 6.81. The molecule has 2 atom stereocenters. The van der Waals surface area contributed by atoms with E-state index >= 15 is 0 Å². The fourth-order valence-electron chi connectivity index (χ4n) is 1.76. The second-order valence-electron chi connectivity index (χ2n) is 5.24. The van der Waals surface area contributed by atoms with Crippen molar-refractivity contribution >= 4 is 47.8 Å². The third-order valence-electron chi connectivity index (χ3n) is 2.82. The van der Waals surface area contributed by atoms with E-state index in [4.69, 9.17) is 4.74 Å². The van der Waals surface area contributed by atoms with Crippen molar-refractivity contribution in [3.8, 4) is 5.75 Å². The predicted octanol–water partition coefficient (Wildman–Crippen LogP) is 3.89. The Morgan fingerprint density at radius 3 is 2.67 bits per heavy atom. The van der Waals surface area contributed by atoms with Crippen LogP contribution in [0.1, 0.15) is 19.4 Å². The smallest absolute Gasteiger partial charge is 0.122 e. The van der Waals surface area contributed by atoms with E-state index in [1.54, 1.807) is 0 Å². The SMILES string of the molecule is CC(C)NCC(O)COc1ccc(Br)cc1CC(Br)CBr. The van der Waals surface area contributed by atoms with Crippen molar-refractivity contribution in [2.45, 2.75) is 37.2 Å². The van der Waals surface area contributed by atoms with Crippen LogP contribution in [0.25, 0.3) is 0 Å². The van der Waals surface area contributed by atoms with Gasteiger partial charge in [-0.3, -0.25) is 0 Å². The zero-order valence-electron chi connectivity index (χ0n) is 12.3. The van der Waals surface area contributed by atoms with Gasteiger partial charge in [-0.15, -0.1) is 0 Å². The van der Waals surface area contributed by atoms with Gasteiger partial charge in [-0.2, -0.15) is 0 Å². The molecule has 2 N–H and O–H groups in total. The number of benzene rings is 1. The van der Waals surface area contributed by atoms with E-state index in [0.29, 0.717) is 17.4 Å². The highest BCUT2D eigenvalue weighted by molar-refractivity contribution is 9.12. The van der Waals surface area contributed by atoms with Crippen molar-refractivity contribution in [2.75, 3.05) is 18.5 Å². The van der Waals surface area contributed by atoms with Crippen LogP contribution in [0.4, 0.5) is 0 Å². The minimum atomic E-state index is -0.514. The Balaban J connectivity index is 2.61. The summed E-state index contributed by atoms with van der Waals surface area (Å²) >= 11 is 10.6. The molecule has 120 valence electrons. The van der Waals surface area contributed by atoms with Gasteiger partial charge in [0, 0.05) is 27.2 Å². The van der Waals surface area contributed by atoms with Gasteiger partial charge in [-0.25, -0.2) is 0 Å². The van der Waals surface area contributed by atoms with Crippen LogP contribution in [0, 0.1) is 0 Å². The minimum Gasteiger partial charge on any atom is -0.491 e. The Labute approximate surface area is 152 Å². The van der Waals surface area contributed by atoms with Crippen molar-refractivity contribution in [1.29, 1.82) is 0 Å². The summed E-state index contributed by atoms with van der Waals surface area (Å²) in [7, 11) is 0. The molecule has 1 rings (SSSR count). The third kappa shape index (κ3) is 7.98. The molecule has 3 nitrogen and oxygen atoms in total. The molecule has 0 saturated heterocycles. The zero-order valence-corrected chi connectivity index (χ0v) is 17.0. The zero-order chi connectivity index (χ0) is 15.8. The fraction of sp³-hybridized carbons (Fsp3) is 0.600. The van der Waals surface area contributed by atoms with Crippen LogP contribution >= 0.6 is 47.8 Å². The first-order valence-corrected chi connectivity index (χ1v) is 9.78. The van der Waals surface area contributed by atoms with Crippen LogP contribution in [-0.2, 0) is 6.42 Å². The molecule has 0 aliphatic carbocycles. The van der Waals surface area contributed by atoms with Crippen molar-refractivity contribution < 1.29 is 9.84 Å². The number of aliphatic hydroxyl groups is 1. The summed E-state index contributed by atoms with van der Waals surface area (Å²) in [4.78, 5) is 0.349. The maximum atomic E-state index is 9.92. The van der Waals surface area contributed by atoms with E-state index in [-0.39, 0.29) is 6.61 Å². The lowest BCUT2D eigenvalue weighted by Gasteiger charge is -2.17. The molecule has 0 aliphatic rings. The van der Waals surface area contributed by atoms with Crippen LogP contribution in [0.5, 0.6) is 5.75 Å². The summed E-state index contributed by atoms with van der Waals surface area (Å²) in [6.07, 6.45) is 0.347. The molecule has 0 radical (unpaired) electrons. The number of hydrogen-bond acceptors (Lipinski definition) is 3. The van der Waals surface area contributed by atoms with Crippen LogP contribution in [0.3, 0.4) is 0 Å². The van der Waals surface area contributed by atoms with Crippen molar-refractivity contribution in [2.24, 2.45) is 0 Å². The molecule has 0 aliphatic heterocycles. The average molecular weight is 488 g/mol. The molecule has 0 spiro atoms. The molecule has 0 amide bonds. The molecular weight excluding hydrogens is 466 g/mol. The highest BCUT2D eigenvalue weighted by Gasteiger charge is 2.12. The largest absolute Gasteiger partial charge is 0.491 e. The maximum absolute atomic E-state index is 9.92. The molecule has 6 heteroatoms. The fourth-order valence-corrected chi connectivity index (χ4v) is 2.74. The first kappa shape index (κ1) is 19.4. The Morgan fingerprint density at radius 2 is 2.05 bits per heavy atom. The van der Waals surface area contributed by atoms with E-state index in [0.717, 1.165) is 27.5 Å². The molecule has 21 heavy (non-hydrogen) atoms. The normalized spacial score (nSPS) is 14.2. The first-order valence-electron chi connectivity index (χ1n) is 6.95. The Morgan fingerprint density at radius 1 is 1.33 bits per heavy atom. The minimum absolute atomic E-state index is 0.287. The molecule has 0 bridgehead atoms. The quantitative estimate of drug-likeness (QED) is 0.519. The van der Waals surface area contributed by atoms with Gasteiger partial charge in [0.15, 0.2) is 0 Å². The van der Waals surface area contributed by atoms with E-state index in [9.17, 15) is 5.11 Å². The van der Waals surface area contributed by atoms with Crippen molar-refractivity contribution in [1.82, 2.24) is 5.32 Å². The number of nitrogens with one attached hydrogen (secondary N) is 1.